The van der Waals surface area contributed by atoms with Crippen LogP contribution >= 0.6 is 0 Å². The Morgan fingerprint density at radius 3 is 2.02 bits per heavy atom. The number of aliphatic carboxylic acids is 1. The fraction of sp³-hybridized carbons (Fsp3) is 0.915. The number of fused-ring (bicyclic) bond motifs is 6. The molecule has 3 heterocycles. The molecule has 0 aromatic heterocycles. The molecular formula is C47H74O17. The van der Waals surface area contributed by atoms with Gasteiger partial charge < -0.3 is 74.4 Å². The van der Waals surface area contributed by atoms with Crippen LogP contribution < -0.4 is 0 Å². The lowest BCUT2D eigenvalue weighted by molar-refractivity contribution is -0.384. The molecule has 0 radical (unpaired) electrons. The summed E-state index contributed by atoms with van der Waals surface area (Å²) in [6.07, 6.45) is -18.4. The van der Waals surface area contributed by atoms with Gasteiger partial charge in [-0.25, -0.2) is 4.79 Å². The highest BCUT2D eigenvalue weighted by Gasteiger charge is 2.70. The van der Waals surface area contributed by atoms with Crippen LogP contribution in [-0.2, 0) is 38.0 Å². The van der Waals surface area contributed by atoms with Gasteiger partial charge in [0.2, 0.25) is 0 Å². The first-order valence-electron chi connectivity index (χ1n) is 23.4. The number of carbonyl (C=O) groups excluding carboxylic acids is 1. The molecule has 17 nitrogen and oxygen atoms in total. The molecule has 4 saturated carbocycles. The van der Waals surface area contributed by atoms with Gasteiger partial charge in [-0.05, 0) is 91.3 Å². The van der Waals surface area contributed by atoms with Crippen LogP contribution in [0, 0.1) is 44.3 Å². The first-order chi connectivity index (χ1) is 29.6. The third kappa shape index (κ3) is 7.58. The number of carboxylic acids is 1. The van der Waals surface area contributed by atoms with Crippen molar-refractivity contribution in [3.63, 3.8) is 0 Å². The summed E-state index contributed by atoms with van der Waals surface area (Å²) in [5, 5.41) is 97.5. The van der Waals surface area contributed by atoms with Crippen LogP contribution in [0.25, 0.3) is 0 Å². The summed E-state index contributed by atoms with van der Waals surface area (Å²) >= 11 is 0. The van der Waals surface area contributed by atoms with Crippen molar-refractivity contribution in [3.05, 3.63) is 11.1 Å². The Bertz CT molecular complexity index is 1840. The van der Waals surface area contributed by atoms with E-state index >= 15 is 4.79 Å². The van der Waals surface area contributed by atoms with Gasteiger partial charge in [0.1, 0.15) is 60.7 Å². The molecule has 7 fully saturated rings. The van der Waals surface area contributed by atoms with Gasteiger partial charge >= 0.3 is 5.97 Å². The molecule has 17 heteroatoms. The lowest BCUT2D eigenvalue weighted by Crippen LogP contribution is -2.67. The van der Waals surface area contributed by atoms with E-state index in [-0.39, 0.29) is 33.9 Å². The highest BCUT2D eigenvalue weighted by Crippen LogP contribution is 2.75. The second-order valence-electron chi connectivity index (χ2n) is 23.4. The summed E-state index contributed by atoms with van der Waals surface area (Å²) in [6.45, 7) is 18.7. The summed E-state index contributed by atoms with van der Waals surface area (Å²) in [5.74, 6) is -1.63. The van der Waals surface area contributed by atoms with Crippen LogP contribution in [-0.4, -0.2) is 163 Å². The molecule has 0 aromatic carbocycles. The Kier molecular flexibility index (Phi) is 12.6. The summed E-state index contributed by atoms with van der Waals surface area (Å²) in [6, 6.07) is 0. The van der Waals surface area contributed by atoms with Gasteiger partial charge in [-0.2, -0.15) is 0 Å². The Balaban J connectivity index is 1.10. The van der Waals surface area contributed by atoms with E-state index < -0.39 is 127 Å². The molecule has 0 bridgehead atoms. The van der Waals surface area contributed by atoms with Crippen molar-refractivity contribution in [2.24, 2.45) is 44.3 Å². The third-order valence-electron chi connectivity index (χ3n) is 18.3. The van der Waals surface area contributed by atoms with Crippen molar-refractivity contribution in [2.75, 3.05) is 6.61 Å². The lowest BCUT2D eigenvalue weighted by Gasteiger charge is -2.70. The molecule has 22 atom stereocenters. The number of allylic oxidation sites excluding steroid dienone is 1. The smallest absolute Gasteiger partial charge is 0.335 e. The summed E-state index contributed by atoms with van der Waals surface area (Å²) in [7, 11) is 0. The molecule has 8 rings (SSSR count). The van der Waals surface area contributed by atoms with E-state index in [1.165, 1.54) is 18.1 Å². The van der Waals surface area contributed by atoms with Crippen molar-refractivity contribution in [2.45, 2.75) is 218 Å². The Morgan fingerprint density at radius 1 is 0.688 bits per heavy atom. The summed E-state index contributed by atoms with van der Waals surface area (Å²) in [5.41, 5.74) is 0.266. The number of ether oxygens (including phenoxy) is 6. The zero-order valence-electron chi connectivity index (χ0n) is 38.8. The molecule has 8 aliphatic rings. The third-order valence-corrected chi connectivity index (χ3v) is 18.3. The highest BCUT2D eigenvalue weighted by atomic mass is 16.8. The monoisotopic (exact) mass is 910 g/mol. The van der Waals surface area contributed by atoms with Crippen LogP contribution in [0.2, 0.25) is 0 Å². The number of rotatable bonds is 7. The van der Waals surface area contributed by atoms with Gasteiger partial charge in [0.05, 0.1) is 24.9 Å². The maximum Gasteiger partial charge on any atom is 0.335 e. The fourth-order valence-electron chi connectivity index (χ4n) is 14.7. The van der Waals surface area contributed by atoms with Gasteiger partial charge in [-0.1, -0.05) is 66.5 Å². The number of hydrogen-bond acceptors (Lipinski definition) is 16. The van der Waals surface area contributed by atoms with E-state index in [9.17, 15) is 50.8 Å². The number of aliphatic hydroxyl groups is 8. The molecule has 0 unspecified atom stereocenters. The van der Waals surface area contributed by atoms with Gasteiger partial charge in [0, 0.05) is 17.8 Å². The molecule has 364 valence electrons. The average molecular weight is 911 g/mol. The highest BCUT2D eigenvalue weighted by molar-refractivity contribution is 5.88. The number of ketones is 1. The molecule has 3 saturated heterocycles. The van der Waals surface area contributed by atoms with Gasteiger partial charge in [0.25, 0.3) is 0 Å². The predicted octanol–water partition coefficient (Wildman–Crippen LogP) is 1.69. The van der Waals surface area contributed by atoms with E-state index in [4.69, 9.17) is 28.4 Å². The zero-order chi connectivity index (χ0) is 47.0. The van der Waals surface area contributed by atoms with E-state index in [0.29, 0.717) is 25.7 Å². The van der Waals surface area contributed by atoms with Crippen molar-refractivity contribution in [3.8, 4) is 0 Å². The van der Waals surface area contributed by atoms with Crippen LogP contribution in [0.1, 0.15) is 120 Å². The number of carbonyl (C=O) groups is 2. The Hall–Kier alpha value is -1.68. The molecule has 3 aliphatic heterocycles. The van der Waals surface area contributed by atoms with Crippen LogP contribution in [0.15, 0.2) is 11.1 Å². The average Bonchev–Trinajstić information content (AvgIpc) is 3.19. The fourth-order valence-corrected chi connectivity index (χ4v) is 14.7. The van der Waals surface area contributed by atoms with Gasteiger partial charge in [-0.3, -0.25) is 4.79 Å². The molecule has 0 aromatic rings. The van der Waals surface area contributed by atoms with E-state index in [1.807, 2.05) is 0 Å². The number of carboxylic acid groups (broad SMARTS) is 1. The van der Waals surface area contributed by atoms with Crippen LogP contribution in [0.3, 0.4) is 0 Å². The largest absolute Gasteiger partial charge is 0.479 e. The maximum atomic E-state index is 15.2. The molecule has 5 aliphatic carbocycles. The first kappa shape index (κ1) is 48.8. The Morgan fingerprint density at radius 2 is 1.34 bits per heavy atom. The lowest BCUT2D eigenvalue weighted by atomic mass is 9.34. The van der Waals surface area contributed by atoms with Crippen LogP contribution in [0.5, 0.6) is 0 Å². The second-order valence-corrected chi connectivity index (χ2v) is 23.4. The minimum absolute atomic E-state index is 0.106. The van der Waals surface area contributed by atoms with E-state index in [0.717, 1.165) is 32.1 Å². The van der Waals surface area contributed by atoms with Crippen molar-refractivity contribution >= 4 is 11.8 Å². The number of hydrogen-bond donors (Lipinski definition) is 9. The van der Waals surface area contributed by atoms with Crippen molar-refractivity contribution in [1.29, 1.82) is 0 Å². The number of Topliss-reactive ketones (excluding diaryl/α,β-unsaturated/α-hetero) is 1. The standard InChI is InChI=1S/C47H74O17/c1-20-28(51)30(53)33(56)39(60-20)63-35-29(52)25(49)19-59-40(35)64-36-32(55)31(54)34(38(57)58)62-41(36)61-21-15-43(4,5)26-10-11-47(9)37(45(26,7)16-21)24(48)14-22-23-17-42(2,3)18-27(50)44(23,6)12-13-46(22,47)8/h20-21,25-37,39-41,49-56H,10-19H2,1-9H3,(H,57,58)/t20-,21+,25+,26-,27-,28-,29-,30+,31-,32-,33+,34-,35+,36+,37+,39-,40-,41+,44+,45-,46+,47+/m0/s1. The second kappa shape index (κ2) is 16.5. The van der Waals surface area contributed by atoms with Gasteiger partial charge in [0.15, 0.2) is 25.0 Å². The van der Waals surface area contributed by atoms with Crippen molar-refractivity contribution in [1.82, 2.24) is 0 Å². The normalized spacial score (nSPS) is 53.7. The topological polar surface area (TPSA) is 272 Å². The number of aliphatic hydroxyl groups excluding tert-OH is 8. The molecule has 9 N–H and O–H groups in total. The van der Waals surface area contributed by atoms with Crippen LogP contribution in [0.4, 0.5) is 0 Å². The molecule has 0 amide bonds. The summed E-state index contributed by atoms with van der Waals surface area (Å²) in [4.78, 5) is 27.6. The molecule has 64 heavy (non-hydrogen) atoms. The minimum Gasteiger partial charge on any atom is -0.479 e. The predicted molar refractivity (Wildman–Crippen MR) is 224 cm³/mol. The summed E-state index contributed by atoms with van der Waals surface area (Å²) < 4.78 is 36.1. The Labute approximate surface area is 375 Å². The van der Waals surface area contributed by atoms with E-state index in [1.54, 1.807) is 0 Å². The minimum atomic E-state index is -2.01. The van der Waals surface area contributed by atoms with Gasteiger partial charge in [-0.15, -0.1) is 0 Å². The SMILES string of the molecule is C[C@@H]1O[C@@H](O[C@H]2[C@H](O[C@H]3[C@H](O[C@@H]4CC(C)(C)[C@@H]5CC[C@]6(C)[C@H](C(=O)CC7=C8CC(C)(C)C[C@H](O)[C@]8(C)CC[C@]76C)[C@@]5(C)C4)O[C@H](C(=O)O)[C@@H](O)[C@@H]3O)OC[C@@H](O)[C@@H]2O)[C@H](O)[C@H](O)[C@H]1O. The zero-order valence-corrected chi connectivity index (χ0v) is 38.8. The van der Waals surface area contributed by atoms with Crippen molar-refractivity contribution < 1.29 is 84.0 Å². The van der Waals surface area contributed by atoms with E-state index in [2.05, 4.69) is 55.4 Å². The molecular weight excluding hydrogens is 837 g/mol. The maximum absolute atomic E-state index is 15.2. The molecule has 0 spiro atoms. The first-order valence-corrected chi connectivity index (χ1v) is 23.4. The quantitative estimate of drug-likeness (QED) is 0.130.